The van der Waals surface area contributed by atoms with E-state index in [-0.39, 0.29) is 6.04 Å². The van der Waals surface area contributed by atoms with Gasteiger partial charge >= 0.3 is 0 Å². The molecule has 0 saturated heterocycles. The molecule has 1 heterocycles. The predicted octanol–water partition coefficient (Wildman–Crippen LogP) is 2.02. The summed E-state index contributed by atoms with van der Waals surface area (Å²) in [4.78, 5) is 4.37. The normalized spacial score (nSPS) is 19.8. The van der Waals surface area contributed by atoms with Crippen LogP contribution in [0.15, 0.2) is 36.7 Å². The van der Waals surface area contributed by atoms with E-state index in [1.54, 1.807) is 0 Å². The molecule has 2 unspecified atom stereocenters. The van der Waals surface area contributed by atoms with E-state index in [0.29, 0.717) is 5.92 Å². The van der Waals surface area contributed by atoms with Crippen molar-refractivity contribution in [2.75, 3.05) is 0 Å². The molecule has 3 heteroatoms. The van der Waals surface area contributed by atoms with E-state index in [1.807, 2.05) is 19.4 Å². The number of aromatic nitrogens is 2. The van der Waals surface area contributed by atoms with Crippen molar-refractivity contribution in [3.8, 4) is 0 Å². The number of aryl methyl sites for hydroxylation is 2. The molecule has 2 aromatic rings. The molecule has 0 amide bonds. The van der Waals surface area contributed by atoms with Crippen LogP contribution in [-0.4, -0.2) is 15.6 Å². The van der Waals surface area contributed by atoms with E-state index in [4.69, 9.17) is 5.73 Å². The Morgan fingerprint density at radius 2 is 2.28 bits per heavy atom. The summed E-state index contributed by atoms with van der Waals surface area (Å²) < 4.78 is 2.06. The van der Waals surface area contributed by atoms with Crippen molar-refractivity contribution in [1.82, 2.24) is 9.55 Å². The molecular weight excluding hydrogens is 222 g/mol. The number of imidazole rings is 1. The number of rotatable bonds is 3. The van der Waals surface area contributed by atoms with Crippen molar-refractivity contribution in [2.45, 2.75) is 31.2 Å². The Morgan fingerprint density at radius 3 is 3.06 bits per heavy atom. The van der Waals surface area contributed by atoms with Crippen LogP contribution in [0.25, 0.3) is 0 Å². The Hall–Kier alpha value is -1.61. The molecule has 0 radical (unpaired) electrons. The van der Waals surface area contributed by atoms with Gasteiger partial charge in [0, 0.05) is 37.8 Å². The fourth-order valence-corrected chi connectivity index (χ4v) is 2.98. The Bertz CT molecular complexity index is 544. The van der Waals surface area contributed by atoms with Crippen molar-refractivity contribution >= 4 is 0 Å². The van der Waals surface area contributed by atoms with E-state index >= 15 is 0 Å². The molecule has 0 bridgehead atoms. The highest BCUT2D eigenvalue weighted by Crippen LogP contribution is 2.35. The number of hydrogen-bond donors (Lipinski definition) is 1. The van der Waals surface area contributed by atoms with Gasteiger partial charge in [-0.3, -0.25) is 0 Å². The van der Waals surface area contributed by atoms with Crippen molar-refractivity contribution < 1.29 is 0 Å². The van der Waals surface area contributed by atoms with Crippen molar-refractivity contribution in [1.29, 1.82) is 0 Å². The topological polar surface area (TPSA) is 43.8 Å². The van der Waals surface area contributed by atoms with Crippen molar-refractivity contribution in [2.24, 2.45) is 12.8 Å². The minimum atomic E-state index is 0.162. The quantitative estimate of drug-likeness (QED) is 0.893. The monoisotopic (exact) mass is 241 g/mol. The summed E-state index contributed by atoms with van der Waals surface area (Å²) in [6.45, 7) is 0. The van der Waals surface area contributed by atoms with Gasteiger partial charge in [0.2, 0.25) is 0 Å². The molecule has 1 aliphatic rings. The molecule has 2 N–H and O–H groups in total. The first-order chi connectivity index (χ1) is 8.75. The zero-order valence-electron chi connectivity index (χ0n) is 10.7. The number of hydrogen-bond acceptors (Lipinski definition) is 2. The lowest BCUT2D eigenvalue weighted by molar-refractivity contribution is 0.509. The van der Waals surface area contributed by atoms with Gasteiger partial charge in [0.1, 0.15) is 5.82 Å². The second kappa shape index (κ2) is 4.58. The van der Waals surface area contributed by atoms with E-state index in [9.17, 15) is 0 Å². The van der Waals surface area contributed by atoms with E-state index in [1.165, 1.54) is 17.5 Å². The number of fused-ring (bicyclic) bond motifs is 1. The average molecular weight is 241 g/mol. The van der Waals surface area contributed by atoms with Gasteiger partial charge < -0.3 is 10.3 Å². The largest absolute Gasteiger partial charge is 0.338 e. The third-order valence-electron chi connectivity index (χ3n) is 4.04. The van der Waals surface area contributed by atoms with Gasteiger partial charge in [-0.15, -0.1) is 0 Å². The van der Waals surface area contributed by atoms with Crippen molar-refractivity contribution in [3.63, 3.8) is 0 Å². The Kier molecular flexibility index (Phi) is 2.92. The lowest BCUT2D eigenvalue weighted by Gasteiger charge is -2.20. The highest BCUT2D eigenvalue weighted by molar-refractivity contribution is 5.36. The van der Waals surface area contributed by atoms with Crippen LogP contribution in [0, 0.1) is 0 Å². The van der Waals surface area contributed by atoms with Gasteiger partial charge in [-0.25, -0.2) is 4.98 Å². The molecule has 2 atom stereocenters. The minimum absolute atomic E-state index is 0.162. The van der Waals surface area contributed by atoms with Gasteiger partial charge in [-0.1, -0.05) is 24.3 Å². The summed E-state index contributed by atoms with van der Waals surface area (Å²) in [6, 6.07) is 8.85. The van der Waals surface area contributed by atoms with Crippen molar-refractivity contribution in [3.05, 3.63) is 53.6 Å². The summed E-state index contributed by atoms with van der Waals surface area (Å²) in [6.07, 6.45) is 7.00. The molecule has 1 aromatic heterocycles. The van der Waals surface area contributed by atoms with Crippen LogP contribution in [0.5, 0.6) is 0 Å². The van der Waals surface area contributed by atoms with Crippen LogP contribution in [0.1, 0.15) is 29.3 Å². The fourth-order valence-electron chi connectivity index (χ4n) is 2.98. The zero-order valence-corrected chi connectivity index (χ0v) is 10.7. The standard InChI is InChI=1S/C15H19N3/c1-18-9-8-17-15(18)10-14(16)13-7-6-11-4-2-3-5-12(11)13/h2-5,8-9,13-14H,6-7,10,16H2,1H3. The maximum atomic E-state index is 6.40. The first kappa shape index (κ1) is 11.5. The molecule has 1 aliphatic carbocycles. The summed E-state index contributed by atoms with van der Waals surface area (Å²) in [5.74, 6) is 1.56. The van der Waals surface area contributed by atoms with Crippen LogP contribution in [0.4, 0.5) is 0 Å². The first-order valence-electron chi connectivity index (χ1n) is 6.55. The maximum absolute atomic E-state index is 6.40. The van der Waals surface area contributed by atoms with Gasteiger partial charge in [0.05, 0.1) is 0 Å². The van der Waals surface area contributed by atoms with Crippen LogP contribution in [-0.2, 0) is 19.9 Å². The molecule has 3 rings (SSSR count). The van der Waals surface area contributed by atoms with E-state index in [2.05, 4.69) is 33.8 Å². The zero-order chi connectivity index (χ0) is 12.5. The van der Waals surface area contributed by atoms with E-state index in [0.717, 1.165) is 18.7 Å². The SMILES string of the molecule is Cn1ccnc1CC(N)C1CCc2ccccc21. The Morgan fingerprint density at radius 1 is 1.44 bits per heavy atom. The van der Waals surface area contributed by atoms with Gasteiger partial charge in [-0.05, 0) is 24.0 Å². The molecule has 0 aliphatic heterocycles. The predicted molar refractivity (Wildman–Crippen MR) is 72.4 cm³/mol. The third-order valence-corrected chi connectivity index (χ3v) is 4.04. The third kappa shape index (κ3) is 1.95. The second-order valence-electron chi connectivity index (χ2n) is 5.17. The fraction of sp³-hybridized carbons (Fsp3) is 0.400. The van der Waals surface area contributed by atoms with Crippen LogP contribution >= 0.6 is 0 Å². The number of nitrogens with two attached hydrogens (primary N) is 1. The van der Waals surface area contributed by atoms with E-state index < -0.39 is 0 Å². The van der Waals surface area contributed by atoms with Gasteiger partial charge in [0.15, 0.2) is 0 Å². The van der Waals surface area contributed by atoms with Gasteiger partial charge in [0.25, 0.3) is 0 Å². The highest BCUT2D eigenvalue weighted by atomic mass is 15.0. The molecule has 0 saturated carbocycles. The summed E-state index contributed by atoms with van der Waals surface area (Å²) in [5, 5.41) is 0. The average Bonchev–Trinajstić information content (AvgIpc) is 2.96. The Labute approximate surface area is 108 Å². The molecule has 3 nitrogen and oxygen atoms in total. The van der Waals surface area contributed by atoms with Crippen LogP contribution < -0.4 is 5.73 Å². The first-order valence-corrected chi connectivity index (χ1v) is 6.55. The summed E-state index contributed by atoms with van der Waals surface area (Å²) >= 11 is 0. The maximum Gasteiger partial charge on any atom is 0.109 e. The van der Waals surface area contributed by atoms with Crippen LogP contribution in [0.3, 0.4) is 0 Å². The lowest BCUT2D eigenvalue weighted by Crippen LogP contribution is -2.30. The lowest BCUT2D eigenvalue weighted by atomic mass is 9.91. The van der Waals surface area contributed by atoms with Crippen LogP contribution in [0.2, 0.25) is 0 Å². The van der Waals surface area contributed by atoms with Gasteiger partial charge in [-0.2, -0.15) is 0 Å². The molecule has 94 valence electrons. The number of nitrogens with zero attached hydrogens (tertiary/aromatic N) is 2. The molecule has 18 heavy (non-hydrogen) atoms. The summed E-state index contributed by atoms with van der Waals surface area (Å²) in [7, 11) is 2.03. The second-order valence-corrected chi connectivity index (χ2v) is 5.17. The molecule has 0 fully saturated rings. The Balaban J connectivity index is 1.79. The number of benzene rings is 1. The molecular formula is C15H19N3. The minimum Gasteiger partial charge on any atom is -0.338 e. The molecule has 0 spiro atoms. The smallest absolute Gasteiger partial charge is 0.109 e. The summed E-state index contributed by atoms with van der Waals surface area (Å²) in [5.41, 5.74) is 9.31. The highest BCUT2D eigenvalue weighted by Gasteiger charge is 2.27. The molecule has 1 aromatic carbocycles.